The highest BCUT2D eigenvalue weighted by Crippen LogP contribution is 1.99. The van der Waals surface area contributed by atoms with Crippen LogP contribution in [-0.4, -0.2) is 31.6 Å². The van der Waals surface area contributed by atoms with Gasteiger partial charge in [-0.1, -0.05) is 26.2 Å². The van der Waals surface area contributed by atoms with Gasteiger partial charge in [0.2, 0.25) is 0 Å². The average Bonchev–Trinajstić information content (AvgIpc) is 1.99. The summed E-state index contributed by atoms with van der Waals surface area (Å²) in [7, 11) is 2.14. The van der Waals surface area contributed by atoms with Crippen LogP contribution in [0.15, 0.2) is 0 Å². The molecule has 0 radical (unpaired) electrons. The highest BCUT2D eigenvalue weighted by molar-refractivity contribution is 4.51. The number of hydrogen-bond donors (Lipinski definition) is 1. The smallest absolute Gasteiger partial charge is 0.0102 e. The van der Waals surface area contributed by atoms with Crippen molar-refractivity contribution in [1.29, 1.82) is 0 Å². The van der Waals surface area contributed by atoms with Crippen LogP contribution in [0.4, 0.5) is 0 Å². The average molecular weight is 158 g/mol. The molecule has 0 aromatic heterocycles. The van der Waals surface area contributed by atoms with Crippen molar-refractivity contribution in [3.05, 3.63) is 0 Å². The SMILES string of the molecule is CCCCCCN(C)CCN. The van der Waals surface area contributed by atoms with Crippen molar-refractivity contribution in [2.24, 2.45) is 5.73 Å². The van der Waals surface area contributed by atoms with Gasteiger partial charge in [-0.15, -0.1) is 0 Å². The van der Waals surface area contributed by atoms with Gasteiger partial charge in [0.15, 0.2) is 0 Å². The Balaban J connectivity index is 2.97. The first-order valence-corrected chi connectivity index (χ1v) is 4.70. The molecular formula is C9H22N2. The first kappa shape index (κ1) is 10.9. The van der Waals surface area contributed by atoms with E-state index in [1.807, 2.05) is 0 Å². The lowest BCUT2D eigenvalue weighted by molar-refractivity contribution is 0.333. The van der Waals surface area contributed by atoms with Crippen molar-refractivity contribution in [2.45, 2.75) is 32.6 Å². The van der Waals surface area contributed by atoms with E-state index in [-0.39, 0.29) is 0 Å². The Hall–Kier alpha value is -0.0800. The largest absolute Gasteiger partial charge is 0.329 e. The summed E-state index contributed by atoms with van der Waals surface area (Å²) in [5.41, 5.74) is 5.42. The number of nitrogens with zero attached hydrogens (tertiary/aromatic N) is 1. The third-order valence-corrected chi connectivity index (χ3v) is 1.90. The van der Waals surface area contributed by atoms with E-state index in [9.17, 15) is 0 Å². The molecule has 0 saturated heterocycles. The minimum Gasteiger partial charge on any atom is -0.329 e. The monoisotopic (exact) mass is 158 g/mol. The summed E-state index contributed by atoms with van der Waals surface area (Å²) in [6.45, 7) is 5.26. The highest BCUT2D eigenvalue weighted by Gasteiger charge is 1.94. The summed E-state index contributed by atoms with van der Waals surface area (Å²) in [5, 5.41) is 0. The number of nitrogens with two attached hydrogens (primary N) is 1. The molecule has 0 heterocycles. The lowest BCUT2D eigenvalue weighted by Crippen LogP contribution is -2.26. The van der Waals surface area contributed by atoms with Crippen molar-refractivity contribution in [3.63, 3.8) is 0 Å². The van der Waals surface area contributed by atoms with Crippen LogP contribution in [0.3, 0.4) is 0 Å². The molecule has 0 aromatic rings. The molecule has 0 aromatic carbocycles. The van der Waals surface area contributed by atoms with Crippen LogP contribution >= 0.6 is 0 Å². The molecular weight excluding hydrogens is 136 g/mol. The summed E-state index contributed by atoms with van der Waals surface area (Å²) in [6.07, 6.45) is 5.38. The third kappa shape index (κ3) is 7.82. The van der Waals surface area contributed by atoms with Crippen LogP contribution in [0.5, 0.6) is 0 Å². The van der Waals surface area contributed by atoms with E-state index in [1.54, 1.807) is 0 Å². The maximum Gasteiger partial charge on any atom is 0.0102 e. The Morgan fingerprint density at radius 3 is 2.36 bits per heavy atom. The van der Waals surface area contributed by atoms with Gasteiger partial charge in [-0.3, -0.25) is 0 Å². The molecule has 11 heavy (non-hydrogen) atoms. The molecule has 68 valence electrons. The van der Waals surface area contributed by atoms with Crippen molar-refractivity contribution < 1.29 is 0 Å². The summed E-state index contributed by atoms with van der Waals surface area (Å²) >= 11 is 0. The molecule has 0 unspecified atom stereocenters. The van der Waals surface area contributed by atoms with Gasteiger partial charge >= 0.3 is 0 Å². The second-order valence-electron chi connectivity index (χ2n) is 3.15. The van der Waals surface area contributed by atoms with Gasteiger partial charge in [-0.25, -0.2) is 0 Å². The summed E-state index contributed by atoms with van der Waals surface area (Å²) in [6, 6.07) is 0. The molecule has 0 aliphatic rings. The van der Waals surface area contributed by atoms with Gasteiger partial charge < -0.3 is 10.6 Å². The fraction of sp³-hybridized carbons (Fsp3) is 1.00. The van der Waals surface area contributed by atoms with Gasteiger partial charge in [-0.05, 0) is 20.0 Å². The number of unbranched alkanes of at least 4 members (excludes halogenated alkanes) is 3. The zero-order chi connectivity index (χ0) is 8.53. The van der Waals surface area contributed by atoms with Gasteiger partial charge in [0.1, 0.15) is 0 Å². The summed E-state index contributed by atoms with van der Waals surface area (Å²) in [4.78, 5) is 2.30. The standard InChI is InChI=1S/C9H22N2/c1-3-4-5-6-8-11(2)9-7-10/h3-10H2,1-2H3. The zero-order valence-corrected chi connectivity index (χ0v) is 7.97. The van der Waals surface area contributed by atoms with Crippen molar-refractivity contribution in [1.82, 2.24) is 4.90 Å². The zero-order valence-electron chi connectivity index (χ0n) is 7.97. The summed E-state index contributed by atoms with van der Waals surface area (Å²) in [5.74, 6) is 0. The quantitative estimate of drug-likeness (QED) is 0.568. The molecule has 2 N–H and O–H groups in total. The molecule has 2 nitrogen and oxygen atoms in total. The molecule has 0 atom stereocenters. The van der Waals surface area contributed by atoms with Crippen LogP contribution in [0.1, 0.15) is 32.6 Å². The first-order chi connectivity index (χ1) is 5.31. The van der Waals surface area contributed by atoms with Gasteiger partial charge in [0, 0.05) is 13.1 Å². The van der Waals surface area contributed by atoms with E-state index < -0.39 is 0 Å². The molecule has 0 fully saturated rings. The minimum absolute atomic E-state index is 0.782. The van der Waals surface area contributed by atoms with Gasteiger partial charge in [0.05, 0.1) is 0 Å². The molecule has 0 bridgehead atoms. The van der Waals surface area contributed by atoms with Crippen molar-refractivity contribution in [3.8, 4) is 0 Å². The maximum atomic E-state index is 5.42. The first-order valence-electron chi connectivity index (χ1n) is 4.70. The van der Waals surface area contributed by atoms with E-state index in [0.29, 0.717) is 0 Å². The molecule has 2 heteroatoms. The second-order valence-corrected chi connectivity index (χ2v) is 3.15. The Morgan fingerprint density at radius 2 is 1.82 bits per heavy atom. The summed E-state index contributed by atoms with van der Waals surface area (Å²) < 4.78 is 0. The van der Waals surface area contributed by atoms with E-state index in [1.165, 1.54) is 32.2 Å². The lowest BCUT2D eigenvalue weighted by Gasteiger charge is -2.14. The Kier molecular flexibility index (Phi) is 7.96. The maximum absolute atomic E-state index is 5.42. The minimum atomic E-state index is 0.782. The topological polar surface area (TPSA) is 29.3 Å². The van der Waals surface area contributed by atoms with E-state index in [4.69, 9.17) is 5.73 Å². The van der Waals surface area contributed by atoms with Crippen molar-refractivity contribution >= 4 is 0 Å². The normalized spacial score (nSPS) is 10.9. The Labute approximate surface area is 70.8 Å². The predicted octanol–water partition coefficient (Wildman–Crippen LogP) is 1.46. The molecule has 0 amide bonds. The number of rotatable bonds is 7. The van der Waals surface area contributed by atoms with Crippen LogP contribution < -0.4 is 5.73 Å². The van der Waals surface area contributed by atoms with E-state index in [0.717, 1.165) is 13.1 Å². The fourth-order valence-corrected chi connectivity index (χ4v) is 1.14. The molecule has 0 rings (SSSR count). The van der Waals surface area contributed by atoms with Crippen LogP contribution in [-0.2, 0) is 0 Å². The van der Waals surface area contributed by atoms with Gasteiger partial charge in [-0.2, -0.15) is 0 Å². The molecule has 0 saturated carbocycles. The second kappa shape index (κ2) is 8.02. The number of hydrogen-bond acceptors (Lipinski definition) is 2. The number of likely N-dealkylation sites (N-methyl/N-ethyl adjacent to an activating group) is 1. The van der Waals surface area contributed by atoms with Crippen molar-refractivity contribution in [2.75, 3.05) is 26.7 Å². The molecule has 0 aliphatic carbocycles. The third-order valence-electron chi connectivity index (χ3n) is 1.90. The van der Waals surface area contributed by atoms with Crippen LogP contribution in [0, 0.1) is 0 Å². The molecule has 0 aliphatic heterocycles. The Bertz CT molecular complexity index is 74.0. The van der Waals surface area contributed by atoms with Crippen LogP contribution in [0.2, 0.25) is 0 Å². The highest BCUT2D eigenvalue weighted by atomic mass is 15.1. The fourth-order valence-electron chi connectivity index (χ4n) is 1.14. The van der Waals surface area contributed by atoms with E-state index >= 15 is 0 Å². The van der Waals surface area contributed by atoms with Gasteiger partial charge in [0.25, 0.3) is 0 Å². The lowest BCUT2D eigenvalue weighted by atomic mass is 10.2. The van der Waals surface area contributed by atoms with Crippen LogP contribution in [0.25, 0.3) is 0 Å². The van der Waals surface area contributed by atoms with E-state index in [2.05, 4.69) is 18.9 Å². The molecule has 0 spiro atoms. The predicted molar refractivity (Wildman–Crippen MR) is 50.7 cm³/mol. The Morgan fingerprint density at radius 1 is 1.09 bits per heavy atom.